The molecule has 5 nitrogen and oxygen atoms in total. The zero-order valence-electron chi connectivity index (χ0n) is 19.3. The summed E-state index contributed by atoms with van der Waals surface area (Å²) in [5, 5.41) is 0. The number of benzene rings is 1. The lowest BCUT2D eigenvalue weighted by Gasteiger charge is -2.33. The highest BCUT2D eigenvalue weighted by molar-refractivity contribution is 5.68. The molecule has 0 bridgehead atoms. The van der Waals surface area contributed by atoms with E-state index in [0.29, 0.717) is 6.04 Å². The highest BCUT2D eigenvalue weighted by Crippen LogP contribution is 2.38. The first-order valence-electron chi connectivity index (χ1n) is 10.9. The van der Waals surface area contributed by atoms with E-state index in [-0.39, 0.29) is 6.23 Å². The van der Waals surface area contributed by atoms with Crippen molar-refractivity contribution in [3.8, 4) is 0 Å². The molecule has 2 aromatic rings. The molecule has 29 heavy (non-hydrogen) atoms. The molecule has 158 valence electrons. The van der Waals surface area contributed by atoms with Gasteiger partial charge in [-0.3, -0.25) is 0 Å². The molecule has 0 saturated carbocycles. The summed E-state index contributed by atoms with van der Waals surface area (Å²) < 4.78 is 5.85. The van der Waals surface area contributed by atoms with Crippen LogP contribution in [0.5, 0.6) is 0 Å². The van der Waals surface area contributed by atoms with E-state index in [2.05, 4.69) is 70.4 Å². The summed E-state index contributed by atoms with van der Waals surface area (Å²) in [6.45, 7) is 16.1. The van der Waals surface area contributed by atoms with Gasteiger partial charge in [0, 0.05) is 43.1 Å². The van der Waals surface area contributed by atoms with Crippen LogP contribution in [0.2, 0.25) is 0 Å². The Morgan fingerprint density at radius 3 is 2.21 bits per heavy atom. The predicted octanol–water partition coefficient (Wildman–Crippen LogP) is 5.39. The number of anilines is 3. The number of nitrogens with zero attached hydrogens (tertiary/aromatic N) is 4. The van der Waals surface area contributed by atoms with Gasteiger partial charge in [0.2, 0.25) is 5.95 Å². The van der Waals surface area contributed by atoms with Gasteiger partial charge in [-0.05, 0) is 58.6 Å². The summed E-state index contributed by atoms with van der Waals surface area (Å²) >= 11 is 0. The molecule has 0 saturated heterocycles. The zero-order valence-corrected chi connectivity index (χ0v) is 19.3. The second kappa shape index (κ2) is 8.70. The second-order valence-electron chi connectivity index (χ2n) is 8.17. The monoisotopic (exact) mass is 396 g/mol. The standard InChI is InChI=1S/C24H36N4O/c1-9-19(10-2)28-21(29-8)14-20-18(7)25-24(26-23(20)28)27(11-3)22-16(5)12-15(4)13-17(22)6/h12-13,19,21H,9-11,14H2,1-8H3. The molecule has 0 aliphatic carbocycles. The lowest BCUT2D eigenvalue weighted by atomic mass is 10.0. The zero-order chi connectivity index (χ0) is 21.3. The van der Waals surface area contributed by atoms with Crippen LogP contribution in [-0.2, 0) is 11.2 Å². The molecule has 1 atom stereocenters. The Balaban J connectivity index is 2.13. The number of methoxy groups -OCH3 is 1. The van der Waals surface area contributed by atoms with Crippen LogP contribution in [0.15, 0.2) is 12.1 Å². The molecule has 0 N–H and O–H groups in total. The lowest BCUT2D eigenvalue weighted by Crippen LogP contribution is -2.42. The molecule has 0 radical (unpaired) electrons. The fourth-order valence-corrected chi connectivity index (χ4v) is 4.83. The molecule has 0 spiro atoms. The van der Waals surface area contributed by atoms with E-state index in [0.717, 1.165) is 43.3 Å². The van der Waals surface area contributed by atoms with Gasteiger partial charge < -0.3 is 14.5 Å². The molecule has 1 unspecified atom stereocenters. The molecule has 1 aliphatic heterocycles. The van der Waals surface area contributed by atoms with E-state index < -0.39 is 0 Å². The van der Waals surface area contributed by atoms with Crippen molar-refractivity contribution in [1.82, 2.24) is 9.97 Å². The number of rotatable bonds is 7. The molecule has 1 aromatic heterocycles. The Labute approximate surface area is 176 Å². The van der Waals surface area contributed by atoms with Crippen LogP contribution in [0.3, 0.4) is 0 Å². The van der Waals surface area contributed by atoms with Crippen molar-refractivity contribution in [2.45, 2.75) is 80.0 Å². The van der Waals surface area contributed by atoms with Crippen LogP contribution in [0.4, 0.5) is 17.5 Å². The van der Waals surface area contributed by atoms with Gasteiger partial charge in [0.1, 0.15) is 12.0 Å². The average Bonchev–Trinajstić information content (AvgIpc) is 3.05. The number of aryl methyl sites for hydroxylation is 4. The van der Waals surface area contributed by atoms with Crippen LogP contribution >= 0.6 is 0 Å². The maximum absolute atomic E-state index is 5.85. The van der Waals surface area contributed by atoms with Crippen molar-refractivity contribution in [3.05, 3.63) is 40.1 Å². The van der Waals surface area contributed by atoms with Crippen molar-refractivity contribution in [2.24, 2.45) is 0 Å². The predicted molar refractivity (Wildman–Crippen MR) is 121 cm³/mol. The Hall–Kier alpha value is -2.14. The van der Waals surface area contributed by atoms with E-state index in [9.17, 15) is 0 Å². The molecular weight excluding hydrogens is 360 g/mol. The van der Waals surface area contributed by atoms with Crippen molar-refractivity contribution < 1.29 is 4.74 Å². The summed E-state index contributed by atoms with van der Waals surface area (Å²) in [6, 6.07) is 4.90. The van der Waals surface area contributed by atoms with Crippen molar-refractivity contribution in [2.75, 3.05) is 23.5 Å². The maximum Gasteiger partial charge on any atom is 0.232 e. The lowest BCUT2D eigenvalue weighted by molar-refractivity contribution is 0.0979. The normalized spacial score (nSPS) is 15.9. The molecule has 5 heteroatoms. The Morgan fingerprint density at radius 2 is 1.69 bits per heavy atom. The van der Waals surface area contributed by atoms with E-state index in [1.165, 1.54) is 27.9 Å². The number of hydrogen-bond acceptors (Lipinski definition) is 5. The highest BCUT2D eigenvalue weighted by Gasteiger charge is 2.36. The summed E-state index contributed by atoms with van der Waals surface area (Å²) in [4.78, 5) is 14.7. The van der Waals surface area contributed by atoms with Crippen LogP contribution in [0.1, 0.15) is 61.6 Å². The number of aromatic nitrogens is 2. The fourth-order valence-electron chi connectivity index (χ4n) is 4.83. The topological polar surface area (TPSA) is 41.5 Å². The minimum atomic E-state index is 0.0380. The van der Waals surface area contributed by atoms with Gasteiger partial charge in [0.15, 0.2) is 0 Å². The van der Waals surface area contributed by atoms with Crippen LogP contribution in [0, 0.1) is 27.7 Å². The Morgan fingerprint density at radius 1 is 1.07 bits per heavy atom. The molecule has 1 aromatic carbocycles. The van der Waals surface area contributed by atoms with Gasteiger partial charge in [-0.2, -0.15) is 4.98 Å². The number of hydrogen-bond donors (Lipinski definition) is 0. The maximum atomic E-state index is 5.85. The first-order chi connectivity index (χ1) is 13.9. The molecule has 1 aliphatic rings. The van der Waals surface area contributed by atoms with Crippen molar-refractivity contribution in [3.63, 3.8) is 0 Å². The smallest absolute Gasteiger partial charge is 0.232 e. The third-order valence-electron chi connectivity index (χ3n) is 6.18. The molecule has 0 fully saturated rings. The van der Waals surface area contributed by atoms with Crippen molar-refractivity contribution in [1.29, 1.82) is 0 Å². The Bertz CT molecular complexity index is 852. The van der Waals surface area contributed by atoms with Gasteiger partial charge in [0.25, 0.3) is 0 Å². The van der Waals surface area contributed by atoms with Crippen LogP contribution in [0.25, 0.3) is 0 Å². The SMILES string of the molecule is CCC(CC)N1c2nc(N(CC)c3c(C)cc(C)cc3C)nc(C)c2CC1OC. The Kier molecular flexibility index (Phi) is 6.47. The third kappa shape index (κ3) is 3.85. The molecular formula is C24H36N4O. The van der Waals surface area contributed by atoms with Crippen LogP contribution < -0.4 is 9.80 Å². The second-order valence-corrected chi connectivity index (χ2v) is 8.17. The number of ether oxygens (including phenoxy) is 1. The molecule has 3 rings (SSSR count). The fraction of sp³-hybridized carbons (Fsp3) is 0.583. The number of fused-ring (bicyclic) bond motifs is 1. The average molecular weight is 397 g/mol. The summed E-state index contributed by atoms with van der Waals surface area (Å²) in [7, 11) is 1.80. The summed E-state index contributed by atoms with van der Waals surface area (Å²) in [5.74, 6) is 1.83. The van der Waals surface area contributed by atoms with Crippen molar-refractivity contribution >= 4 is 17.5 Å². The third-order valence-corrected chi connectivity index (χ3v) is 6.18. The van der Waals surface area contributed by atoms with Gasteiger partial charge in [-0.15, -0.1) is 0 Å². The van der Waals surface area contributed by atoms with Gasteiger partial charge in [0.05, 0.1) is 0 Å². The first-order valence-corrected chi connectivity index (χ1v) is 10.9. The quantitative estimate of drug-likeness (QED) is 0.627. The van der Waals surface area contributed by atoms with Gasteiger partial charge >= 0.3 is 0 Å². The van der Waals surface area contributed by atoms with Gasteiger partial charge in [-0.1, -0.05) is 31.5 Å². The summed E-state index contributed by atoms with van der Waals surface area (Å²) in [5.41, 5.74) is 7.30. The minimum Gasteiger partial charge on any atom is -0.361 e. The minimum absolute atomic E-state index is 0.0380. The highest BCUT2D eigenvalue weighted by atomic mass is 16.5. The first kappa shape index (κ1) is 21.6. The largest absolute Gasteiger partial charge is 0.361 e. The van der Waals surface area contributed by atoms with E-state index in [1.807, 2.05) is 0 Å². The van der Waals surface area contributed by atoms with E-state index >= 15 is 0 Å². The molecule has 0 amide bonds. The summed E-state index contributed by atoms with van der Waals surface area (Å²) in [6.07, 6.45) is 3.03. The van der Waals surface area contributed by atoms with Gasteiger partial charge in [-0.25, -0.2) is 4.98 Å². The van der Waals surface area contributed by atoms with Crippen LogP contribution in [-0.4, -0.2) is 35.9 Å². The molecule has 2 heterocycles. The van der Waals surface area contributed by atoms with E-state index in [4.69, 9.17) is 14.7 Å². The van der Waals surface area contributed by atoms with E-state index in [1.54, 1.807) is 7.11 Å².